The number of hydrogen-bond acceptors (Lipinski definition) is 4. The van der Waals surface area contributed by atoms with E-state index in [1.807, 2.05) is 11.8 Å². The van der Waals surface area contributed by atoms with Crippen LogP contribution in [0, 0.1) is 0 Å². The topological polar surface area (TPSA) is 35.5 Å². The summed E-state index contributed by atoms with van der Waals surface area (Å²) >= 11 is 2.03. The smallest absolute Gasteiger partial charge is 0.0791 e. The Kier molecular flexibility index (Phi) is 7.44. The minimum atomic E-state index is -0.209. The van der Waals surface area contributed by atoms with Crippen molar-refractivity contribution < 1.29 is 5.11 Å². The zero-order chi connectivity index (χ0) is 10.9. The van der Waals surface area contributed by atoms with Crippen LogP contribution in [0.15, 0.2) is 0 Å². The van der Waals surface area contributed by atoms with Crippen molar-refractivity contribution in [3.63, 3.8) is 0 Å². The van der Waals surface area contributed by atoms with Gasteiger partial charge in [0.25, 0.3) is 0 Å². The first-order valence-electron chi connectivity index (χ1n) is 6.01. The molecule has 0 spiro atoms. The highest BCUT2D eigenvalue weighted by atomic mass is 32.2. The highest BCUT2D eigenvalue weighted by Crippen LogP contribution is 2.09. The van der Waals surface area contributed by atoms with Gasteiger partial charge >= 0.3 is 0 Å². The standard InChI is InChI=1S/C11H24N2OS/c1-2-4-12-9-11(14)10-13-5-3-7-15-8-6-13/h11-12,14H,2-10H2,1H3. The van der Waals surface area contributed by atoms with Crippen molar-refractivity contribution in [1.29, 1.82) is 0 Å². The van der Waals surface area contributed by atoms with Crippen LogP contribution in [0.25, 0.3) is 0 Å². The molecule has 1 atom stereocenters. The van der Waals surface area contributed by atoms with Gasteiger partial charge in [-0.1, -0.05) is 6.92 Å². The highest BCUT2D eigenvalue weighted by molar-refractivity contribution is 7.99. The van der Waals surface area contributed by atoms with E-state index in [0.29, 0.717) is 0 Å². The molecule has 1 heterocycles. The lowest BCUT2D eigenvalue weighted by Crippen LogP contribution is -2.39. The van der Waals surface area contributed by atoms with E-state index < -0.39 is 0 Å². The Morgan fingerprint density at radius 1 is 1.40 bits per heavy atom. The van der Waals surface area contributed by atoms with E-state index in [9.17, 15) is 5.11 Å². The van der Waals surface area contributed by atoms with Crippen molar-refractivity contribution >= 4 is 11.8 Å². The van der Waals surface area contributed by atoms with Gasteiger partial charge in [0, 0.05) is 25.4 Å². The van der Waals surface area contributed by atoms with Crippen LogP contribution in [0.4, 0.5) is 0 Å². The molecule has 1 unspecified atom stereocenters. The van der Waals surface area contributed by atoms with Gasteiger partial charge in [-0.25, -0.2) is 0 Å². The normalized spacial score (nSPS) is 21.2. The van der Waals surface area contributed by atoms with Crippen molar-refractivity contribution in [3.05, 3.63) is 0 Å². The number of aliphatic hydroxyl groups is 1. The van der Waals surface area contributed by atoms with E-state index >= 15 is 0 Å². The first kappa shape index (κ1) is 13.3. The van der Waals surface area contributed by atoms with Gasteiger partial charge in [-0.3, -0.25) is 4.90 Å². The molecule has 0 saturated carbocycles. The van der Waals surface area contributed by atoms with E-state index in [0.717, 1.165) is 39.1 Å². The molecule has 0 aromatic carbocycles. The van der Waals surface area contributed by atoms with Crippen LogP contribution >= 0.6 is 11.8 Å². The minimum Gasteiger partial charge on any atom is -0.390 e. The van der Waals surface area contributed by atoms with Gasteiger partial charge in [0.2, 0.25) is 0 Å². The molecule has 1 fully saturated rings. The molecule has 0 amide bonds. The van der Waals surface area contributed by atoms with Gasteiger partial charge in [-0.15, -0.1) is 0 Å². The fourth-order valence-electron chi connectivity index (χ4n) is 1.79. The first-order valence-corrected chi connectivity index (χ1v) is 7.17. The van der Waals surface area contributed by atoms with Gasteiger partial charge in [0.1, 0.15) is 0 Å². The van der Waals surface area contributed by atoms with Crippen LogP contribution in [0.1, 0.15) is 19.8 Å². The van der Waals surface area contributed by atoms with Crippen molar-refractivity contribution in [2.24, 2.45) is 0 Å². The number of nitrogens with one attached hydrogen (secondary N) is 1. The monoisotopic (exact) mass is 232 g/mol. The number of aliphatic hydroxyl groups excluding tert-OH is 1. The third-order valence-electron chi connectivity index (χ3n) is 2.59. The molecule has 0 aromatic heterocycles. The van der Waals surface area contributed by atoms with E-state index in [-0.39, 0.29) is 6.10 Å². The number of rotatable bonds is 6. The Morgan fingerprint density at radius 2 is 2.27 bits per heavy atom. The van der Waals surface area contributed by atoms with Gasteiger partial charge in [0.15, 0.2) is 0 Å². The molecule has 0 bridgehead atoms. The lowest BCUT2D eigenvalue weighted by molar-refractivity contribution is 0.115. The average Bonchev–Trinajstić information content (AvgIpc) is 2.47. The molecule has 0 radical (unpaired) electrons. The lowest BCUT2D eigenvalue weighted by Gasteiger charge is -2.23. The van der Waals surface area contributed by atoms with Crippen LogP contribution in [0.3, 0.4) is 0 Å². The molecule has 1 rings (SSSR count). The van der Waals surface area contributed by atoms with Crippen molar-refractivity contribution in [1.82, 2.24) is 10.2 Å². The van der Waals surface area contributed by atoms with E-state index in [2.05, 4.69) is 17.1 Å². The maximum atomic E-state index is 9.81. The van der Waals surface area contributed by atoms with E-state index in [1.165, 1.54) is 17.9 Å². The summed E-state index contributed by atoms with van der Waals surface area (Å²) in [4.78, 5) is 2.39. The van der Waals surface area contributed by atoms with Crippen LogP contribution in [-0.2, 0) is 0 Å². The zero-order valence-corrected chi connectivity index (χ0v) is 10.6. The summed E-state index contributed by atoms with van der Waals surface area (Å²) in [6.45, 7) is 7.00. The molecule has 2 N–H and O–H groups in total. The molecule has 1 aliphatic heterocycles. The largest absolute Gasteiger partial charge is 0.390 e. The average molecular weight is 232 g/mol. The second-order valence-corrected chi connectivity index (χ2v) is 5.35. The van der Waals surface area contributed by atoms with Crippen LogP contribution in [0.5, 0.6) is 0 Å². The molecule has 3 nitrogen and oxygen atoms in total. The van der Waals surface area contributed by atoms with Crippen molar-refractivity contribution in [2.75, 3.05) is 44.2 Å². The molecule has 90 valence electrons. The SMILES string of the molecule is CCCNCC(O)CN1CCCSCC1. The molecule has 15 heavy (non-hydrogen) atoms. The van der Waals surface area contributed by atoms with Crippen molar-refractivity contribution in [3.8, 4) is 0 Å². The zero-order valence-electron chi connectivity index (χ0n) is 9.74. The molecular weight excluding hydrogens is 208 g/mol. The predicted molar refractivity (Wildman–Crippen MR) is 67.5 cm³/mol. The van der Waals surface area contributed by atoms with Gasteiger partial charge in [0.05, 0.1) is 6.10 Å². The maximum Gasteiger partial charge on any atom is 0.0791 e. The quantitative estimate of drug-likeness (QED) is 0.664. The Bertz CT molecular complexity index is 150. The number of thioether (sulfide) groups is 1. The third kappa shape index (κ3) is 6.40. The Hall–Kier alpha value is 0.230. The minimum absolute atomic E-state index is 0.209. The number of hydrogen-bond donors (Lipinski definition) is 2. The third-order valence-corrected chi connectivity index (χ3v) is 3.64. The summed E-state index contributed by atoms with van der Waals surface area (Å²) in [5.41, 5.74) is 0. The summed E-state index contributed by atoms with van der Waals surface area (Å²) in [7, 11) is 0. The predicted octanol–water partition coefficient (Wildman–Crippen LogP) is 0.786. The Balaban J connectivity index is 2.09. The van der Waals surface area contributed by atoms with Crippen LogP contribution in [0.2, 0.25) is 0 Å². The second-order valence-electron chi connectivity index (χ2n) is 4.12. The molecule has 1 aliphatic rings. The molecule has 4 heteroatoms. The fourth-order valence-corrected chi connectivity index (χ4v) is 2.71. The first-order chi connectivity index (χ1) is 7.33. The number of β-amino-alcohol motifs (C(OH)–C–C–N with tert-alkyl or cyclic N) is 1. The molecule has 0 aliphatic carbocycles. The van der Waals surface area contributed by atoms with Gasteiger partial charge in [-0.2, -0.15) is 11.8 Å². The summed E-state index contributed by atoms with van der Waals surface area (Å²) in [5, 5.41) is 13.1. The van der Waals surface area contributed by atoms with Crippen molar-refractivity contribution in [2.45, 2.75) is 25.9 Å². The Labute approximate surface area is 97.6 Å². The second kappa shape index (κ2) is 8.39. The molecular formula is C11H24N2OS. The van der Waals surface area contributed by atoms with E-state index in [1.54, 1.807) is 0 Å². The summed E-state index contributed by atoms with van der Waals surface area (Å²) < 4.78 is 0. The molecule has 0 aromatic rings. The van der Waals surface area contributed by atoms with Crippen LogP contribution in [-0.4, -0.2) is 60.3 Å². The fraction of sp³-hybridized carbons (Fsp3) is 1.00. The molecule has 1 saturated heterocycles. The summed E-state index contributed by atoms with van der Waals surface area (Å²) in [5.74, 6) is 2.50. The van der Waals surface area contributed by atoms with Crippen LogP contribution < -0.4 is 5.32 Å². The van der Waals surface area contributed by atoms with Gasteiger partial charge in [-0.05, 0) is 31.7 Å². The van der Waals surface area contributed by atoms with E-state index in [4.69, 9.17) is 0 Å². The lowest BCUT2D eigenvalue weighted by atomic mass is 10.3. The van der Waals surface area contributed by atoms with Gasteiger partial charge < -0.3 is 10.4 Å². The maximum absolute atomic E-state index is 9.81. The number of nitrogens with zero attached hydrogens (tertiary/aromatic N) is 1. The highest BCUT2D eigenvalue weighted by Gasteiger charge is 2.13. The summed E-state index contributed by atoms with van der Waals surface area (Å²) in [6.07, 6.45) is 2.19. The Morgan fingerprint density at radius 3 is 3.07 bits per heavy atom. The summed E-state index contributed by atoms with van der Waals surface area (Å²) in [6, 6.07) is 0.